The summed E-state index contributed by atoms with van der Waals surface area (Å²) in [5.41, 5.74) is 1.68. The zero-order valence-electron chi connectivity index (χ0n) is 14.7. The molecule has 0 spiro atoms. The van der Waals surface area contributed by atoms with E-state index < -0.39 is 0 Å². The van der Waals surface area contributed by atoms with Crippen LogP contribution in [0.1, 0.15) is 27.4 Å². The van der Waals surface area contributed by atoms with Crippen molar-refractivity contribution >= 4 is 17.5 Å². The molecule has 130 valence electrons. The summed E-state index contributed by atoms with van der Waals surface area (Å²) < 4.78 is 3.46. The molecule has 2 N–H and O–H groups in total. The molecule has 0 saturated carbocycles. The third kappa shape index (κ3) is 4.48. The molecule has 0 aliphatic carbocycles. The molecular formula is C17H25N5O2. The first-order chi connectivity index (χ1) is 11.4. The van der Waals surface area contributed by atoms with Gasteiger partial charge >= 0.3 is 0 Å². The van der Waals surface area contributed by atoms with Crippen molar-refractivity contribution in [1.29, 1.82) is 0 Å². The lowest BCUT2D eigenvalue weighted by molar-refractivity contribution is 0.0943. The molecule has 2 aromatic heterocycles. The zero-order valence-corrected chi connectivity index (χ0v) is 14.7. The summed E-state index contributed by atoms with van der Waals surface area (Å²) >= 11 is 0. The second-order valence-electron chi connectivity index (χ2n) is 6.10. The molecular weight excluding hydrogens is 306 g/mol. The predicted molar refractivity (Wildman–Crippen MR) is 94.3 cm³/mol. The van der Waals surface area contributed by atoms with Crippen LogP contribution in [0.15, 0.2) is 30.6 Å². The molecule has 0 aliphatic rings. The number of aryl methyl sites for hydroxylation is 2. The van der Waals surface area contributed by atoms with Gasteiger partial charge < -0.3 is 24.7 Å². The highest BCUT2D eigenvalue weighted by molar-refractivity contribution is 6.04. The lowest BCUT2D eigenvalue weighted by atomic mass is 10.3. The Kier molecular flexibility index (Phi) is 5.81. The number of carbonyl (C=O) groups is 2. The summed E-state index contributed by atoms with van der Waals surface area (Å²) in [6, 6.07) is 5.24. The van der Waals surface area contributed by atoms with E-state index in [0.717, 1.165) is 13.0 Å². The average Bonchev–Trinajstić information content (AvgIpc) is 3.09. The van der Waals surface area contributed by atoms with Crippen molar-refractivity contribution < 1.29 is 9.59 Å². The monoisotopic (exact) mass is 331 g/mol. The van der Waals surface area contributed by atoms with Crippen molar-refractivity contribution in [3.8, 4) is 0 Å². The van der Waals surface area contributed by atoms with E-state index in [0.29, 0.717) is 23.6 Å². The van der Waals surface area contributed by atoms with Crippen molar-refractivity contribution in [3.63, 3.8) is 0 Å². The van der Waals surface area contributed by atoms with E-state index in [4.69, 9.17) is 0 Å². The first-order valence-electron chi connectivity index (χ1n) is 7.90. The molecule has 2 rings (SSSR count). The summed E-state index contributed by atoms with van der Waals surface area (Å²) in [5.74, 6) is -0.346. The Bertz CT molecular complexity index is 714. The number of nitrogens with zero attached hydrogens (tertiary/aromatic N) is 3. The van der Waals surface area contributed by atoms with E-state index in [-0.39, 0.29) is 11.8 Å². The lowest BCUT2D eigenvalue weighted by Crippen LogP contribution is -2.28. The molecule has 2 amide bonds. The number of hydrogen-bond donors (Lipinski definition) is 2. The Hall–Kier alpha value is -2.54. The fourth-order valence-electron chi connectivity index (χ4n) is 2.44. The van der Waals surface area contributed by atoms with Crippen molar-refractivity contribution in [2.75, 3.05) is 32.5 Å². The molecule has 0 radical (unpaired) electrons. The van der Waals surface area contributed by atoms with Crippen LogP contribution in [-0.4, -0.2) is 53.0 Å². The Morgan fingerprint density at radius 1 is 1.12 bits per heavy atom. The second kappa shape index (κ2) is 7.83. The van der Waals surface area contributed by atoms with Crippen LogP contribution in [0.25, 0.3) is 0 Å². The molecule has 2 aromatic rings. The maximum absolute atomic E-state index is 12.2. The van der Waals surface area contributed by atoms with Crippen LogP contribution in [0.4, 0.5) is 5.69 Å². The quantitative estimate of drug-likeness (QED) is 0.751. The second-order valence-corrected chi connectivity index (χ2v) is 6.10. The van der Waals surface area contributed by atoms with Crippen molar-refractivity contribution in [2.45, 2.75) is 6.42 Å². The number of aromatic nitrogens is 2. The van der Waals surface area contributed by atoms with Crippen LogP contribution in [-0.2, 0) is 14.1 Å². The van der Waals surface area contributed by atoms with E-state index in [1.54, 1.807) is 34.5 Å². The van der Waals surface area contributed by atoms with E-state index in [1.807, 2.05) is 33.4 Å². The van der Waals surface area contributed by atoms with Crippen LogP contribution < -0.4 is 10.6 Å². The molecule has 0 bridgehead atoms. The lowest BCUT2D eigenvalue weighted by Gasteiger charge is -2.10. The molecule has 24 heavy (non-hydrogen) atoms. The predicted octanol–water partition coefficient (Wildman–Crippen LogP) is 1.30. The Labute approximate surface area is 142 Å². The van der Waals surface area contributed by atoms with Gasteiger partial charge in [-0.25, -0.2) is 0 Å². The number of anilines is 1. The fraction of sp³-hybridized carbons (Fsp3) is 0.412. The van der Waals surface area contributed by atoms with Gasteiger partial charge in [-0.3, -0.25) is 9.59 Å². The van der Waals surface area contributed by atoms with Gasteiger partial charge in [0.15, 0.2) is 0 Å². The first-order valence-corrected chi connectivity index (χ1v) is 7.90. The molecule has 0 saturated heterocycles. The number of carbonyl (C=O) groups excluding carboxylic acids is 2. The summed E-state index contributed by atoms with van der Waals surface area (Å²) in [4.78, 5) is 26.5. The summed E-state index contributed by atoms with van der Waals surface area (Å²) in [6.45, 7) is 1.54. The van der Waals surface area contributed by atoms with Gasteiger partial charge in [0.05, 0.1) is 5.69 Å². The molecule has 2 heterocycles. The maximum Gasteiger partial charge on any atom is 0.272 e. The Balaban J connectivity index is 1.95. The first kappa shape index (κ1) is 17.8. The van der Waals surface area contributed by atoms with E-state index in [2.05, 4.69) is 15.5 Å². The van der Waals surface area contributed by atoms with Crippen LogP contribution in [0.5, 0.6) is 0 Å². The minimum Gasteiger partial charge on any atom is -0.351 e. The topological polar surface area (TPSA) is 71.3 Å². The van der Waals surface area contributed by atoms with E-state index >= 15 is 0 Å². The fourth-order valence-corrected chi connectivity index (χ4v) is 2.44. The molecule has 7 nitrogen and oxygen atoms in total. The SMILES string of the molecule is CN(C)CCCNC(=O)c1cc(NC(=O)c2cccn2C)cn1C. The minimum absolute atomic E-state index is 0.143. The zero-order chi connectivity index (χ0) is 17.7. The minimum atomic E-state index is -0.203. The van der Waals surface area contributed by atoms with Gasteiger partial charge in [0.1, 0.15) is 11.4 Å². The van der Waals surface area contributed by atoms with Crippen molar-refractivity contribution in [1.82, 2.24) is 19.4 Å². The van der Waals surface area contributed by atoms with Gasteiger partial charge in [0.25, 0.3) is 11.8 Å². The number of hydrogen-bond acceptors (Lipinski definition) is 3. The highest BCUT2D eigenvalue weighted by Crippen LogP contribution is 2.14. The Morgan fingerprint density at radius 2 is 1.88 bits per heavy atom. The summed E-state index contributed by atoms with van der Waals surface area (Å²) in [6.07, 6.45) is 4.43. The molecule has 0 unspecified atom stereocenters. The van der Waals surface area contributed by atoms with Gasteiger partial charge in [-0.05, 0) is 45.3 Å². The molecule has 0 atom stereocenters. The van der Waals surface area contributed by atoms with Crippen LogP contribution in [0, 0.1) is 0 Å². The van der Waals surface area contributed by atoms with Crippen molar-refractivity contribution in [2.24, 2.45) is 14.1 Å². The molecule has 0 aromatic carbocycles. The van der Waals surface area contributed by atoms with Gasteiger partial charge in [-0.1, -0.05) is 0 Å². The normalized spacial score (nSPS) is 10.9. The smallest absolute Gasteiger partial charge is 0.272 e. The third-order valence-corrected chi connectivity index (χ3v) is 3.74. The Morgan fingerprint density at radius 3 is 2.50 bits per heavy atom. The molecule has 0 fully saturated rings. The van der Waals surface area contributed by atoms with Crippen molar-refractivity contribution in [3.05, 3.63) is 42.0 Å². The standard InChI is InChI=1S/C17H25N5O2/c1-20(2)9-6-8-18-16(23)15-11-13(12-22(15)4)19-17(24)14-7-5-10-21(14)3/h5,7,10-12H,6,8-9H2,1-4H3,(H,18,23)(H,19,24). The van der Waals surface area contributed by atoms with Gasteiger partial charge in [-0.15, -0.1) is 0 Å². The number of rotatable bonds is 7. The summed E-state index contributed by atoms with van der Waals surface area (Å²) in [7, 11) is 7.60. The number of amides is 2. The van der Waals surface area contributed by atoms with E-state index in [9.17, 15) is 9.59 Å². The van der Waals surface area contributed by atoms with Gasteiger partial charge in [-0.2, -0.15) is 0 Å². The largest absolute Gasteiger partial charge is 0.351 e. The number of nitrogens with one attached hydrogen (secondary N) is 2. The van der Waals surface area contributed by atoms with Gasteiger partial charge in [0.2, 0.25) is 0 Å². The molecule has 0 aliphatic heterocycles. The average molecular weight is 331 g/mol. The van der Waals surface area contributed by atoms with Crippen LogP contribution in [0.2, 0.25) is 0 Å². The molecule has 7 heteroatoms. The highest BCUT2D eigenvalue weighted by Gasteiger charge is 2.14. The van der Waals surface area contributed by atoms with Crippen LogP contribution in [0.3, 0.4) is 0 Å². The van der Waals surface area contributed by atoms with E-state index in [1.165, 1.54) is 0 Å². The highest BCUT2D eigenvalue weighted by atomic mass is 16.2. The summed E-state index contributed by atoms with van der Waals surface area (Å²) in [5, 5.41) is 5.71. The maximum atomic E-state index is 12.2. The third-order valence-electron chi connectivity index (χ3n) is 3.74. The van der Waals surface area contributed by atoms with Gasteiger partial charge in [0, 0.05) is 33.0 Å². The van der Waals surface area contributed by atoms with Crippen LogP contribution >= 0.6 is 0 Å².